The minimum atomic E-state index is -1.05. The number of hydrogen-bond donors (Lipinski definition) is 2. The van der Waals surface area contributed by atoms with Crippen molar-refractivity contribution in [2.45, 2.75) is 13.8 Å². The van der Waals surface area contributed by atoms with Crippen LogP contribution in [0.25, 0.3) is 10.6 Å². The number of rotatable bonds is 3. The minimum Gasteiger partial charge on any atom is -0.476 e. The van der Waals surface area contributed by atoms with E-state index < -0.39 is 5.97 Å². The SMILES string of the molecule is CC(=O)Nc1nc(C)c(-c2csc(C(=O)O)n2)s1. The smallest absolute Gasteiger partial charge is 0.365 e. The number of carbonyl (C=O) groups excluding carboxylic acids is 1. The van der Waals surface area contributed by atoms with Crippen molar-refractivity contribution in [2.24, 2.45) is 0 Å². The number of thiazole rings is 2. The molecule has 2 rings (SSSR count). The third-order valence-electron chi connectivity index (χ3n) is 2.00. The molecule has 2 aromatic heterocycles. The van der Waals surface area contributed by atoms with Gasteiger partial charge in [-0.15, -0.1) is 11.3 Å². The van der Waals surface area contributed by atoms with Crippen molar-refractivity contribution in [1.82, 2.24) is 9.97 Å². The van der Waals surface area contributed by atoms with Crippen LogP contribution < -0.4 is 5.32 Å². The number of nitrogens with zero attached hydrogens (tertiary/aromatic N) is 2. The first kappa shape index (κ1) is 12.7. The van der Waals surface area contributed by atoms with E-state index in [4.69, 9.17) is 5.11 Å². The molecule has 6 nitrogen and oxygen atoms in total. The lowest BCUT2D eigenvalue weighted by molar-refractivity contribution is -0.114. The molecule has 0 aliphatic heterocycles. The fourth-order valence-corrected chi connectivity index (χ4v) is 3.01. The quantitative estimate of drug-likeness (QED) is 0.901. The number of carboxylic acids is 1. The second-order valence-corrected chi connectivity index (χ2v) is 5.31. The Balaban J connectivity index is 2.34. The second-order valence-electron chi connectivity index (χ2n) is 3.46. The number of carboxylic acid groups (broad SMARTS) is 1. The average molecular weight is 283 g/mol. The Labute approximate surface area is 110 Å². The van der Waals surface area contributed by atoms with Crippen LogP contribution >= 0.6 is 22.7 Å². The molecular weight excluding hydrogens is 274 g/mol. The molecule has 0 fully saturated rings. The Hall–Kier alpha value is -1.80. The first-order valence-corrected chi connectivity index (χ1v) is 6.61. The predicted octanol–water partition coefficient (Wildman–Crippen LogP) is 2.23. The summed E-state index contributed by atoms with van der Waals surface area (Å²) in [6.07, 6.45) is 0. The third kappa shape index (κ3) is 2.54. The van der Waals surface area contributed by atoms with Gasteiger partial charge in [0.1, 0.15) is 0 Å². The van der Waals surface area contributed by atoms with Gasteiger partial charge in [-0.3, -0.25) is 4.79 Å². The van der Waals surface area contributed by atoms with Crippen LogP contribution in [0, 0.1) is 6.92 Å². The molecule has 0 aliphatic rings. The summed E-state index contributed by atoms with van der Waals surface area (Å²) in [5, 5.41) is 13.6. The van der Waals surface area contributed by atoms with Gasteiger partial charge in [-0.2, -0.15) is 0 Å². The van der Waals surface area contributed by atoms with Gasteiger partial charge in [-0.1, -0.05) is 11.3 Å². The summed E-state index contributed by atoms with van der Waals surface area (Å²) >= 11 is 2.34. The van der Waals surface area contributed by atoms with Crippen molar-refractivity contribution in [3.8, 4) is 10.6 Å². The monoisotopic (exact) mass is 283 g/mol. The molecule has 0 aromatic carbocycles. The van der Waals surface area contributed by atoms with Crippen LogP contribution in [0.2, 0.25) is 0 Å². The van der Waals surface area contributed by atoms with Gasteiger partial charge in [0, 0.05) is 12.3 Å². The molecule has 94 valence electrons. The number of carbonyl (C=O) groups is 2. The minimum absolute atomic E-state index is 0.0406. The lowest BCUT2D eigenvalue weighted by Gasteiger charge is -1.92. The van der Waals surface area contributed by atoms with Gasteiger partial charge in [-0.25, -0.2) is 14.8 Å². The molecule has 0 saturated carbocycles. The Kier molecular flexibility index (Phi) is 3.39. The molecule has 0 aliphatic carbocycles. The van der Waals surface area contributed by atoms with Gasteiger partial charge in [0.05, 0.1) is 16.3 Å². The zero-order valence-electron chi connectivity index (χ0n) is 9.55. The number of amides is 1. The van der Waals surface area contributed by atoms with Crippen LogP contribution in [0.15, 0.2) is 5.38 Å². The van der Waals surface area contributed by atoms with E-state index in [1.165, 1.54) is 18.3 Å². The Morgan fingerprint density at radius 1 is 1.39 bits per heavy atom. The highest BCUT2D eigenvalue weighted by molar-refractivity contribution is 7.19. The van der Waals surface area contributed by atoms with Crippen LogP contribution in [0.4, 0.5) is 5.13 Å². The number of aromatic nitrogens is 2. The molecule has 1 amide bonds. The number of hydrogen-bond acceptors (Lipinski definition) is 6. The van der Waals surface area contributed by atoms with Crippen molar-refractivity contribution in [2.75, 3.05) is 5.32 Å². The van der Waals surface area contributed by atoms with E-state index in [1.807, 2.05) is 0 Å². The van der Waals surface area contributed by atoms with Gasteiger partial charge >= 0.3 is 5.97 Å². The summed E-state index contributed by atoms with van der Waals surface area (Å²) in [7, 11) is 0. The first-order chi connectivity index (χ1) is 8.47. The van der Waals surface area contributed by atoms with Gasteiger partial charge in [0.2, 0.25) is 10.9 Å². The molecule has 0 spiro atoms. The lowest BCUT2D eigenvalue weighted by atomic mass is 10.3. The van der Waals surface area contributed by atoms with Crippen molar-refractivity contribution in [3.05, 3.63) is 16.1 Å². The molecule has 18 heavy (non-hydrogen) atoms. The van der Waals surface area contributed by atoms with E-state index in [0.717, 1.165) is 16.2 Å². The number of aryl methyl sites for hydroxylation is 1. The molecule has 0 radical (unpaired) electrons. The van der Waals surface area contributed by atoms with Crippen molar-refractivity contribution in [1.29, 1.82) is 0 Å². The highest BCUT2D eigenvalue weighted by atomic mass is 32.1. The van der Waals surface area contributed by atoms with Gasteiger partial charge in [0.25, 0.3) is 0 Å². The molecule has 0 atom stereocenters. The highest BCUT2D eigenvalue weighted by Gasteiger charge is 2.15. The van der Waals surface area contributed by atoms with Gasteiger partial charge in [0.15, 0.2) is 5.13 Å². The number of nitrogens with one attached hydrogen (secondary N) is 1. The second kappa shape index (κ2) is 4.83. The predicted molar refractivity (Wildman–Crippen MR) is 69.2 cm³/mol. The van der Waals surface area contributed by atoms with Gasteiger partial charge < -0.3 is 10.4 Å². The first-order valence-electron chi connectivity index (χ1n) is 4.91. The average Bonchev–Trinajstić information content (AvgIpc) is 2.83. The van der Waals surface area contributed by atoms with Crippen molar-refractivity contribution >= 4 is 39.7 Å². The standard InChI is InChI=1S/C10H9N3O3S2/c1-4-7(18-10(11-4)12-5(2)14)6-3-17-8(13-6)9(15)16/h3H,1-2H3,(H,15,16)(H,11,12,14). The molecule has 8 heteroatoms. The van der Waals surface area contributed by atoms with Crippen LogP contribution in [-0.2, 0) is 4.79 Å². The summed E-state index contributed by atoms with van der Waals surface area (Å²) in [6, 6.07) is 0. The third-order valence-corrected chi connectivity index (χ3v) is 3.92. The summed E-state index contributed by atoms with van der Waals surface area (Å²) in [6.45, 7) is 3.19. The van der Waals surface area contributed by atoms with Gasteiger partial charge in [-0.05, 0) is 6.92 Å². The topological polar surface area (TPSA) is 92.2 Å². The number of anilines is 1. The van der Waals surface area contributed by atoms with Crippen LogP contribution in [0.1, 0.15) is 22.4 Å². The molecule has 2 heterocycles. The van der Waals surface area contributed by atoms with Crippen LogP contribution in [-0.4, -0.2) is 27.0 Å². The normalized spacial score (nSPS) is 10.3. The van der Waals surface area contributed by atoms with E-state index in [0.29, 0.717) is 16.5 Å². The van der Waals surface area contributed by atoms with Crippen LogP contribution in [0.3, 0.4) is 0 Å². The summed E-state index contributed by atoms with van der Waals surface area (Å²) < 4.78 is 0. The van der Waals surface area contributed by atoms with E-state index in [9.17, 15) is 9.59 Å². The van der Waals surface area contributed by atoms with E-state index in [1.54, 1.807) is 12.3 Å². The maximum atomic E-state index is 10.9. The van der Waals surface area contributed by atoms with Crippen molar-refractivity contribution < 1.29 is 14.7 Å². The van der Waals surface area contributed by atoms with E-state index in [2.05, 4.69) is 15.3 Å². The Morgan fingerprint density at radius 3 is 2.67 bits per heavy atom. The zero-order chi connectivity index (χ0) is 13.3. The highest BCUT2D eigenvalue weighted by Crippen LogP contribution is 2.33. The van der Waals surface area contributed by atoms with Crippen LogP contribution in [0.5, 0.6) is 0 Å². The summed E-state index contributed by atoms with van der Waals surface area (Å²) in [4.78, 5) is 30.6. The maximum absolute atomic E-state index is 10.9. The van der Waals surface area contributed by atoms with E-state index in [-0.39, 0.29) is 10.9 Å². The Morgan fingerprint density at radius 2 is 2.11 bits per heavy atom. The Bertz CT molecular complexity index is 618. The van der Waals surface area contributed by atoms with Crippen molar-refractivity contribution in [3.63, 3.8) is 0 Å². The largest absolute Gasteiger partial charge is 0.476 e. The summed E-state index contributed by atoms with van der Waals surface area (Å²) in [5.41, 5.74) is 1.29. The fourth-order valence-electron chi connectivity index (χ4n) is 1.31. The number of aromatic carboxylic acids is 1. The maximum Gasteiger partial charge on any atom is 0.365 e. The van der Waals surface area contributed by atoms with E-state index >= 15 is 0 Å². The fraction of sp³-hybridized carbons (Fsp3) is 0.200. The molecule has 0 unspecified atom stereocenters. The molecule has 0 saturated heterocycles. The molecule has 0 bridgehead atoms. The molecule has 2 N–H and O–H groups in total. The lowest BCUT2D eigenvalue weighted by Crippen LogP contribution is -2.04. The molecular formula is C10H9N3O3S2. The summed E-state index contributed by atoms with van der Waals surface area (Å²) in [5.74, 6) is -1.24. The molecule has 2 aromatic rings. The zero-order valence-corrected chi connectivity index (χ0v) is 11.2.